The summed E-state index contributed by atoms with van der Waals surface area (Å²) >= 11 is 0. The second-order valence-electron chi connectivity index (χ2n) is 4.90. The molecule has 2 rings (SSSR count). The number of nitrogens with one attached hydrogen (secondary N) is 1. The fraction of sp³-hybridized carbons (Fsp3) is 0.118. The number of hydrogen-bond acceptors (Lipinski definition) is 3. The van der Waals surface area contributed by atoms with Crippen LogP contribution in [0.15, 0.2) is 53.6 Å². The van der Waals surface area contributed by atoms with Gasteiger partial charge < -0.3 is 0 Å². The van der Waals surface area contributed by atoms with Crippen molar-refractivity contribution in [3.8, 4) is 6.07 Å². The van der Waals surface area contributed by atoms with Crippen molar-refractivity contribution in [3.63, 3.8) is 0 Å². The maximum Gasteiger partial charge on any atom is 0.416 e. The van der Waals surface area contributed by atoms with Gasteiger partial charge in [-0.2, -0.15) is 23.5 Å². The van der Waals surface area contributed by atoms with Gasteiger partial charge in [0.1, 0.15) is 0 Å². The normalized spacial score (nSPS) is 11.2. The van der Waals surface area contributed by atoms with E-state index in [9.17, 15) is 18.0 Å². The highest BCUT2D eigenvalue weighted by molar-refractivity contribution is 5.83. The first-order valence-electron chi connectivity index (χ1n) is 6.86. The van der Waals surface area contributed by atoms with E-state index in [4.69, 9.17) is 5.26 Å². The average molecular weight is 331 g/mol. The highest BCUT2D eigenvalue weighted by atomic mass is 19.4. The van der Waals surface area contributed by atoms with Crippen molar-refractivity contribution < 1.29 is 18.0 Å². The Hall–Kier alpha value is -3.14. The second kappa shape index (κ2) is 7.42. The van der Waals surface area contributed by atoms with Gasteiger partial charge in [-0.05, 0) is 29.3 Å². The average Bonchev–Trinajstić information content (AvgIpc) is 2.55. The number of amides is 1. The summed E-state index contributed by atoms with van der Waals surface area (Å²) in [4.78, 5) is 11.7. The molecule has 0 fully saturated rings. The van der Waals surface area contributed by atoms with Gasteiger partial charge >= 0.3 is 6.18 Å². The fourth-order valence-electron chi connectivity index (χ4n) is 1.91. The zero-order chi connectivity index (χ0) is 17.6. The third-order valence-electron chi connectivity index (χ3n) is 3.06. The molecule has 2 aromatic rings. The number of alkyl halides is 3. The lowest BCUT2D eigenvalue weighted by Crippen LogP contribution is -2.20. The number of halogens is 3. The van der Waals surface area contributed by atoms with E-state index in [2.05, 4.69) is 10.5 Å². The molecule has 0 atom stereocenters. The van der Waals surface area contributed by atoms with Crippen molar-refractivity contribution in [2.75, 3.05) is 0 Å². The van der Waals surface area contributed by atoms with Gasteiger partial charge in [-0.25, -0.2) is 5.43 Å². The number of benzene rings is 2. The van der Waals surface area contributed by atoms with Crippen LogP contribution in [0.25, 0.3) is 0 Å². The Morgan fingerprint density at radius 2 is 1.92 bits per heavy atom. The standard InChI is InChI=1S/C17H12F3N3O/c18-17(19,20)15-3-1-2-14(8-15)9-16(24)23-22-11-13-6-4-12(10-21)5-7-13/h1-8,11H,9H2,(H,23,24)/b22-11-. The molecule has 0 aromatic heterocycles. The first-order chi connectivity index (χ1) is 11.4. The second-order valence-corrected chi connectivity index (χ2v) is 4.90. The van der Waals surface area contributed by atoms with E-state index in [-0.39, 0.29) is 12.0 Å². The molecule has 0 radical (unpaired) electrons. The Balaban J connectivity index is 1.93. The molecule has 0 aliphatic carbocycles. The molecule has 2 aromatic carbocycles. The number of nitriles is 1. The number of hydrazone groups is 1. The minimum absolute atomic E-state index is 0.214. The van der Waals surface area contributed by atoms with Gasteiger partial charge in [0.05, 0.1) is 29.8 Å². The largest absolute Gasteiger partial charge is 0.416 e. The number of carbonyl (C=O) groups is 1. The van der Waals surface area contributed by atoms with Crippen LogP contribution < -0.4 is 5.43 Å². The maximum absolute atomic E-state index is 12.6. The Morgan fingerprint density at radius 1 is 1.21 bits per heavy atom. The van der Waals surface area contributed by atoms with Gasteiger partial charge in [0.2, 0.25) is 5.91 Å². The van der Waals surface area contributed by atoms with Gasteiger partial charge in [0.25, 0.3) is 0 Å². The van der Waals surface area contributed by atoms with Crippen molar-refractivity contribution in [1.29, 1.82) is 5.26 Å². The van der Waals surface area contributed by atoms with Crippen LogP contribution in [-0.4, -0.2) is 12.1 Å². The minimum atomic E-state index is -4.44. The molecule has 0 spiro atoms. The Kier molecular flexibility index (Phi) is 5.32. The summed E-state index contributed by atoms with van der Waals surface area (Å²) in [6, 6.07) is 13.1. The topological polar surface area (TPSA) is 65.2 Å². The van der Waals surface area contributed by atoms with Crippen molar-refractivity contribution in [2.24, 2.45) is 5.10 Å². The predicted molar refractivity (Wildman–Crippen MR) is 82.0 cm³/mol. The number of carbonyl (C=O) groups excluding carboxylic acids is 1. The van der Waals surface area contributed by atoms with E-state index < -0.39 is 17.6 Å². The number of rotatable bonds is 4. The number of nitrogens with zero attached hydrogens (tertiary/aromatic N) is 2. The van der Waals surface area contributed by atoms with Gasteiger partial charge in [0, 0.05) is 0 Å². The Bertz CT molecular complexity index is 790. The molecular weight excluding hydrogens is 319 g/mol. The van der Waals surface area contributed by atoms with Crippen molar-refractivity contribution in [2.45, 2.75) is 12.6 Å². The highest BCUT2D eigenvalue weighted by Crippen LogP contribution is 2.29. The van der Waals surface area contributed by atoms with Gasteiger partial charge in [-0.1, -0.05) is 30.3 Å². The molecule has 1 amide bonds. The van der Waals surface area contributed by atoms with E-state index in [1.807, 2.05) is 6.07 Å². The molecule has 0 saturated heterocycles. The molecule has 1 N–H and O–H groups in total. The third kappa shape index (κ3) is 4.95. The monoisotopic (exact) mass is 331 g/mol. The zero-order valence-corrected chi connectivity index (χ0v) is 12.3. The molecule has 24 heavy (non-hydrogen) atoms. The summed E-state index contributed by atoms with van der Waals surface area (Å²) in [6.45, 7) is 0. The predicted octanol–water partition coefficient (Wildman–Crippen LogP) is 3.27. The minimum Gasteiger partial charge on any atom is -0.273 e. The molecule has 0 bridgehead atoms. The molecule has 7 heteroatoms. The molecule has 4 nitrogen and oxygen atoms in total. The van der Waals surface area contributed by atoms with E-state index >= 15 is 0 Å². The maximum atomic E-state index is 12.6. The van der Waals surface area contributed by atoms with E-state index in [1.165, 1.54) is 18.3 Å². The SMILES string of the molecule is N#Cc1ccc(/C=N\NC(=O)Cc2cccc(C(F)(F)F)c2)cc1. The fourth-order valence-corrected chi connectivity index (χ4v) is 1.91. The molecule has 0 heterocycles. The van der Waals surface area contributed by atoms with Crippen molar-refractivity contribution in [1.82, 2.24) is 5.43 Å². The van der Waals surface area contributed by atoms with Crippen LogP contribution in [0.5, 0.6) is 0 Å². The van der Waals surface area contributed by atoms with Crippen LogP contribution in [0.4, 0.5) is 13.2 Å². The third-order valence-corrected chi connectivity index (χ3v) is 3.06. The van der Waals surface area contributed by atoms with E-state index in [0.717, 1.165) is 12.1 Å². The van der Waals surface area contributed by atoms with Crippen LogP contribution in [0.3, 0.4) is 0 Å². The van der Waals surface area contributed by atoms with Crippen LogP contribution in [0, 0.1) is 11.3 Å². The lowest BCUT2D eigenvalue weighted by molar-refractivity contribution is -0.137. The van der Waals surface area contributed by atoms with Gasteiger partial charge in [-0.3, -0.25) is 4.79 Å². The summed E-state index contributed by atoms with van der Waals surface area (Å²) < 4.78 is 37.8. The van der Waals surface area contributed by atoms with E-state index in [0.29, 0.717) is 11.1 Å². The molecule has 0 aliphatic rings. The lowest BCUT2D eigenvalue weighted by Gasteiger charge is -2.08. The molecule has 122 valence electrons. The smallest absolute Gasteiger partial charge is 0.273 e. The molecule has 0 saturated carbocycles. The highest BCUT2D eigenvalue weighted by Gasteiger charge is 2.30. The van der Waals surface area contributed by atoms with Gasteiger partial charge in [-0.15, -0.1) is 0 Å². The Morgan fingerprint density at radius 3 is 2.54 bits per heavy atom. The van der Waals surface area contributed by atoms with Crippen LogP contribution in [0.2, 0.25) is 0 Å². The van der Waals surface area contributed by atoms with Crippen LogP contribution in [-0.2, 0) is 17.4 Å². The lowest BCUT2D eigenvalue weighted by atomic mass is 10.1. The summed E-state index contributed by atoms with van der Waals surface area (Å²) in [5.74, 6) is -0.529. The first kappa shape index (κ1) is 17.2. The molecule has 0 aliphatic heterocycles. The summed E-state index contributed by atoms with van der Waals surface area (Å²) in [5, 5.41) is 12.4. The zero-order valence-electron chi connectivity index (χ0n) is 12.3. The summed E-state index contributed by atoms with van der Waals surface area (Å²) in [5.41, 5.74) is 2.87. The number of hydrogen-bond donors (Lipinski definition) is 1. The first-order valence-corrected chi connectivity index (χ1v) is 6.86. The summed E-state index contributed by atoms with van der Waals surface area (Å²) in [7, 11) is 0. The van der Waals surface area contributed by atoms with Gasteiger partial charge in [0.15, 0.2) is 0 Å². The molecule has 0 unspecified atom stereocenters. The van der Waals surface area contributed by atoms with Crippen LogP contribution >= 0.6 is 0 Å². The van der Waals surface area contributed by atoms with Crippen molar-refractivity contribution in [3.05, 3.63) is 70.8 Å². The van der Waals surface area contributed by atoms with Crippen LogP contribution in [0.1, 0.15) is 22.3 Å². The Labute approximate surface area is 136 Å². The quantitative estimate of drug-likeness (QED) is 0.690. The summed E-state index contributed by atoms with van der Waals surface area (Å²) in [6.07, 6.45) is -3.28. The van der Waals surface area contributed by atoms with E-state index in [1.54, 1.807) is 24.3 Å². The van der Waals surface area contributed by atoms with Crippen molar-refractivity contribution >= 4 is 12.1 Å². The molecular formula is C17H12F3N3O.